The normalized spacial score (nSPS) is 11.2. The molecule has 0 spiro atoms. The minimum absolute atomic E-state index is 0.378. The van der Waals surface area contributed by atoms with E-state index in [1.54, 1.807) is 18.2 Å². The molecule has 132 valence electrons. The van der Waals surface area contributed by atoms with E-state index in [0.29, 0.717) is 24.3 Å². The fraction of sp³-hybridized carbons (Fsp3) is 0.444. The van der Waals surface area contributed by atoms with E-state index in [9.17, 15) is 9.59 Å². The number of carbonyl (C=O) groups excluding carboxylic acids is 2. The Bertz CT molecular complexity index is 602. The first-order valence-corrected chi connectivity index (χ1v) is 7.66. The maximum atomic E-state index is 11.6. The van der Waals surface area contributed by atoms with Gasteiger partial charge in [0.25, 0.3) is 0 Å². The molecule has 0 aliphatic carbocycles. The van der Waals surface area contributed by atoms with Crippen molar-refractivity contribution in [2.45, 2.75) is 32.8 Å². The molecule has 0 fully saturated rings. The van der Waals surface area contributed by atoms with Crippen molar-refractivity contribution < 1.29 is 23.8 Å². The highest BCUT2D eigenvalue weighted by Gasteiger charge is 2.15. The highest BCUT2D eigenvalue weighted by Crippen LogP contribution is 2.21. The van der Waals surface area contributed by atoms with Gasteiger partial charge in [-0.3, -0.25) is 0 Å². The van der Waals surface area contributed by atoms with Crippen LogP contribution in [0, 0.1) is 0 Å². The summed E-state index contributed by atoms with van der Waals surface area (Å²) in [5.41, 5.74) is 0.762. The Kier molecular flexibility index (Phi) is 7.30. The lowest BCUT2D eigenvalue weighted by molar-refractivity contribution is 0.0527. The number of esters is 1. The molecule has 0 bridgehead atoms. The average molecular weight is 335 g/mol. The van der Waals surface area contributed by atoms with Crippen molar-refractivity contribution in [3.8, 4) is 5.75 Å². The number of rotatable bonds is 6. The molecule has 1 amide bonds. The van der Waals surface area contributed by atoms with Crippen LogP contribution in [-0.4, -0.2) is 38.4 Å². The van der Waals surface area contributed by atoms with Crippen molar-refractivity contribution in [3.63, 3.8) is 0 Å². The molecule has 1 rings (SSSR count). The lowest BCUT2D eigenvalue weighted by Crippen LogP contribution is -2.32. The predicted molar refractivity (Wildman–Crippen MR) is 92.2 cm³/mol. The molecule has 0 saturated carbocycles. The number of amides is 1. The van der Waals surface area contributed by atoms with E-state index in [4.69, 9.17) is 14.2 Å². The van der Waals surface area contributed by atoms with Crippen molar-refractivity contribution >= 4 is 18.1 Å². The topological polar surface area (TPSA) is 73.9 Å². The molecule has 0 saturated heterocycles. The van der Waals surface area contributed by atoms with Crippen LogP contribution in [0.2, 0.25) is 0 Å². The number of alkyl carbamates (subject to hydrolysis) is 1. The first kappa shape index (κ1) is 19.5. The zero-order valence-corrected chi connectivity index (χ0v) is 14.8. The van der Waals surface area contributed by atoms with Gasteiger partial charge in [0.15, 0.2) is 0 Å². The second-order valence-electron chi connectivity index (χ2n) is 6.07. The molecular formula is C18H25NO5. The van der Waals surface area contributed by atoms with Gasteiger partial charge in [0.1, 0.15) is 16.9 Å². The third-order valence-electron chi connectivity index (χ3n) is 2.92. The Morgan fingerprint density at radius 2 is 1.92 bits per heavy atom. The molecule has 0 aliphatic rings. The summed E-state index contributed by atoms with van der Waals surface area (Å²) in [6.07, 6.45) is 4.03. The number of nitrogens with one attached hydrogen (secondary N) is 1. The van der Waals surface area contributed by atoms with Gasteiger partial charge in [0.05, 0.1) is 14.2 Å². The van der Waals surface area contributed by atoms with Crippen molar-refractivity contribution in [1.82, 2.24) is 5.32 Å². The molecule has 1 aromatic rings. The SMILES string of the molecule is COC(=O)c1ccc(C=CCCNC(=O)OC(C)(C)C)cc1OC. The monoisotopic (exact) mass is 335 g/mol. The highest BCUT2D eigenvalue weighted by molar-refractivity contribution is 5.92. The first-order valence-electron chi connectivity index (χ1n) is 7.66. The van der Waals surface area contributed by atoms with Crippen molar-refractivity contribution in [1.29, 1.82) is 0 Å². The van der Waals surface area contributed by atoms with Crippen LogP contribution < -0.4 is 10.1 Å². The summed E-state index contributed by atoms with van der Waals surface area (Å²) in [7, 11) is 2.83. The standard InChI is InChI=1S/C18H25NO5/c1-18(2,3)24-17(21)19-11-7-6-8-13-9-10-14(16(20)23-5)15(12-13)22-4/h6,8-10,12H,7,11H2,1-5H3,(H,19,21). The number of carbonyl (C=O) groups is 2. The molecular weight excluding hydrogens is 310 g/mol. The predicted octanol–water partition coefficient (Wildman–Crippen LogP) is 3.41. The molecule has 1 aromatic carbocycles. The fourth-order valence-electron chi connectivity index (χ4n) is 1.88. The van der Waals surface area contributed by atoms with Gasteiger partial charge in [-0.1, -0.05) is 18.2 Å². The zero-order chi connectivity index (χ0) is 18.2. The van der Waals surface area contributed by atoms with Crippen LogP contribution in [0.1, 0.15) is 43.1 Å². The third-order valence-corrected chi connectivity index (χ3v) is 2.92. The van der Waals surface area contributed by atoms with E-state index in [-0.39, 0.29) is 0 Å². The van der Waals surface area contributed by atoms with Crippen LogP contribution >= 0.6 is 0 Å². The molecule has 24 heavy (non-hydrogen) atoms. The molecule has 0 atom stereocenters. The van der Waals surface area contributed by atoms with Crippen molar-refractivity contribution in [2.24, 2.45) is 0 Å². The summed E-state index contributed by atoms with van der Waals surface area (Å²) in [6.45, 7) is 5.93. The van der Waals surface area contributed by atoms with Crippen LogP contribution in [0.3, 0.4) is 0 Å². The fourth-order valence-corrected chi connectivity index (χ4v) is 1.88. The Hall–Kier alpha value is -2.50. The van der Waals surface area contributed by atoms with Gasteiger partial charge in [-0.15, -0.1) is 0 Å². The van der Waals surface area contributed by atoms with Gasteiger partial charge < -0.3 is 19.5 Å². The van der Waals surface area contributed by atoms with Crippen LogP contribution in [0.25, 0.3) is 6.08 Å². The van der Waals surface area contributed by atoms with Crippen LogP contribution in [-0.2, 0) is 9.47 Å². The molecule has 0 aliphatic heterocycles. The Morgan fingerprint density at radius 3 is 2.50 bits per heavy atom. The summed E-state index contributed by atoms with van der Waals surface area (Å²) < 4.78 is 15.1. The molecule has 0 heterocycles. The Balaban J connectivity index is 2.53. The summed E-state index contributed by atoms with van der Waals surface area (Å²) in [5.74, 6) is 0.0137. The number of methoxy groups -OCH3 is 2. The number of hydrogen-bond acceptors (Lipinski definition) is 5. The summed E-state index contributed by atoms with van der Waals surface area (Å²) in [5, 5.41) is 2.68. The third kappa shape index (κ3) is 6.73. The minimum atomic E-state index is -0.502. The van der Waals surface area contributed by atoms with Gasteiger partial charge >= 0.3 is 12.1 Å². The van der Waals surface area contributed by atoms with Crippen molar-refractivity contribution in [2.75, 3.05) is 20.8 Å². The second kappa shape index (κ2) is 8.96. The van der Waals surface area contributed by atoms with Crippen LogP contribution in [0.15, 0.2) is 24.3 Å². The van der Waals surface area contributed by atoms with Gasteiger partial charge in [0, 0.05) is 6.54 Å². The molecule has 0 aromatic heterocycles. The number of ether oxygens (including phenoxy) is 3. The van der Waals surface area contributed by atoms with E-state index >= 15 is 0 Å². The van der Waals surface area contributed by atoms with Gasteiger partial charge in [0.2, 0.25) is 0 Å². The highest BCUT2D eigenvalue weighted by atomic mass is 16.6. The summed E-state index contributed by atoms with van der Waals surface area (Å²) in [4.78, 5) is 23.1. The number of hydrogen-bond donors (Lipinski definition) is 1. The molecule has 6 heteroatoms. The largest absolute Gasteiger partial charge is 0.496 e. The lowest BCUT2D eigenvalue weighted by atomic mass is 10.1. The zero-order valence-electron chi connectivity index (χ0n) is 14.8. The lowest BCUT2D eigenvalue weighted by Gasteiger charge is -2.19. The molecule has 1 N–H and O–H groups in total. The summed E-state index contributed by atoms with van der Waals surface area (Å²) in [6, 6.07) is 5.21. The molecule has 0 unspecified atom stereocenters. The van der Waals surface area contributed by atoms with Gasteiger partial charge in [-0.2, -0.15) is 0 Å². The van der Waals surface area contributed by atoms with Crippen molar-refractivity contribution in [3.05, 3.63) is 35.4 Å². The van der Waals surface area contributed by atoms with Gasteiger partial charge in [-0.25, -0.2) is 9.59 Å². The Labute approximate surface area is 142 Å². The van der Waals surface area contributed by atoms with E-state index in [2.05, 4.69) is 5.32 Å². The summed E-state index contributed by atoms with van der Waals surface area (Å²) >= 11 is 0. The van der Waals surface area contributed by atoms with Gasteiger partial charge in [-0.05, 0) is 44.9 Å². The Morgan fingerprint density at radius 1 is 1.21 bits per heavy atom. The maximum absolute atomic E-state index is 11.6. The molecule has 6 nitrogen and oxygen atoms in total. The first-order chi connectivity index (χ1) is 11.3. The average Bonchev–Trinajstić information content (AvgIpc) is 2.51. The van der Waals surface area contributed by atoms with E-state index < -0.39 is 17.7 Å². The maximum Gasteiger partial charge on any atom is 0.407 e. The van der Waals surface area contributed by atoms with Crippen LogP contribution in [0.4, 0.5) is 4.79 Å². The smallest absolute Gasteiger partial charge is 0.407 e. The minimum Gasteiger partial charge on any atom is -0.496 e. The number of benzene rings is 1. The second-order valence-corrected chi connectivity index (χ2v) is 6.07. The quantitative estimate of drug-likeness (QED) is 0.637. The van der Waals surface area contributed by atoms with E-state index in [0.717, 1.165) is 5.56 Å². The molecule has 0 radical (unpaired) electrons. The van der Waals surface area contributed by atoms with E-state index in [1.807, 2.05) is 32.9 Å². The van der Waals surface area contributed by atoms with Crippen LogP contribution in [0.5, 0.6) is 5.75 Å². The van der Waals surface area contributed by atoms with E-state index in [1.165, 1.54) is 14.2 Å².